The van der Waals surface area contributed by atoms with E-state index in [0.717, 1.165) is 5.57 Å². The molecule has 0 atom stereocenters. The van der Waals surface area contributed by atoms with Gasteiger partial charge in [0.15, 0.2) is 0 Å². The van der Waals surface area contributed by atoms with Crippen molar-refractivity contribution in [3.63, 3.8) is 0 Å². The lowest BCUT2D eigenvalue weighted by Crippen LogP contribution is -2.28. The molecule has 0 saturated carbocycles. The monoisotopic (exact) mass is 318 g/mol. The normalized spacial score (nSPS) is 11.6. The van der Waals surface area contributed by atoms with Gasteiger partial charge in [-0.1, -0.05) is 23.8 Å². The van der Waals surface area contributed by atoms with Crippen molar-refractivity contribution < 1.29 is 13.2 Å². The second-order valence-electron chi connectivity index (χ2n) is 4.53. The van der Waals surface area contributed by atoms with Gasteiger partial charge in [-0.3, -0.25) is 0 Å². The molecule has 1 rings (SSSR count). The number of benzene rings is 1. The number of nitrogen functional groups attached to an aromatic ring is 1. The molecular weight excluding hydrogens is 300 g/mol. The Morgan fingerprint density at radius 1 is 1.50 bits per heavy atom. The smallest absolute Gasteiger partial charge is 0.241 e. The van der Waals surface area contributed by atoms with Crippen LogP contribution in [0.1, 0.15) is 12.5 Å². The van der Waals surface area contributed by atoms with Crippen LogP contribution in [0.3, 0.4) is 0 Å². The van der Waals surface area contributed by atoms with E-state index in [9.17, 15) is 8.42 Å². The standard InChI is InChI=1S/C13H19ClN2O3S/c1-9(2)8-19-5-4-16-20(17,18)13-7-11(14)6-12(15)10(13)3/h6-7,16H,1,4-5,8,15H2,2-3H3. The van der Waals surface area contributed by atoms with Crippen molar-refractivity contribution in [3.05, 3.63) is 34.9 Å². The summed E-state index contributed by atoms with van der Waals surface area (Å²) in [4.78, 5) is 0.0856. The number of halogens is 1. The number of anilines is 1. The molecule has 3 N–H and O–H groups in total. The van der Waals surface area contributed by atoms with E-state index < -0.39 is 10.0 Å². The van der Waals surface area contributed by atoms with Crippen molar-refractivity contribution in [2.24, 2.45) is 0 Å². The maximum atomic E-state index is 12.2. The third-order valence-electron chi connectivity index (χ3n) is 2.54. The van der Waals surface area contributed by atoms with Crippen LogP contribution in [0.5, 0.6) is 0 Å². The Morgan fingerprint density at radius 3 is 2.75 bits per heavy atom. The average Bonchev–Trinajstić information content (AvgIpc) is 2.32. The van der Waals surface area contributed by atoms with Gasteiger partial charge < -0.3 is 10.5 Å². The highest BCUT2D eigenvalue weighted by molar-refractivity contribution is 7.89. The van der Waals surface area contributed by atoms with Gasteiger partial charge >= 0.3 is 0 Å². The molecule has 5 nitrogen and oxygen atoms in total. The van der Waals surface area contributed by atoms with Gasteiger partial charge in [0, 0.05) is 17.3 Å². The minimum Gasteiger partial charge on any atom is -0.398 e. The number of hydrogen-bond acceptors (Lipinski definition) is 4. The molecule has 0 saturated heterocycles. The van der Waals surface area contributed by atoms with Crippen molar-refractivity contribution in [2.75, 3.05) is 25.5 Å². The maximum absolute atomic E-state index is 12.2. The minimum absolute atomic E-state index is 0.0856. The Hall–Kier alpha value is -1.08. The van der Waals surface area contributed by atoms with Crippen LogP contribution in [-0.4, -0.2) is 28.2 Å². The van der Waals surface area contributed by atoms with Crippen LogP contribution in [0.15, 0.2) is 29.2 Å². The lowest BCUT2D eigenvalue weighted by Gasteiger charge is -2.12. The van der Waals surface area contributed by atoms with Gasteiger partial charge in [0.05, 0.1) is 18.1 Å². The molecule has 0 heterocycles. The summed E-state index contributed by atoms with van der Waals surface area (Å²) in [5.41, 5.74) is 7.42. The third kappa shape index (κ3) is 4.79. The minimum atomic E-state index is -3.65. The number of nitrogens with one attached hydrogen (secondary N) is 1. The van der Waals surface area contributed by atoms with Gasteiger partial charge in [-0.05, 0) is 31.5 Å². The number of ether oxygens (including phenoxy) is 1. The number of sulfonamides is 1. The average molecular weight is 319 g/mol. The van der Waals surface area contributed by atoms with Crippen LogP contribution in [0.25, 0.3) is 0 Å². The van der Waals surface area contributed by atoms with Crippen molar-refractivity contribution in [1.29, 1.82) is 0 Å². The second-order valence-corrected chi connectivity index (χ2v) is 6.70. The van der Waals surface area contributed by atoms with Crippen LogP contribution < -0.4 is 10.5 Å². The summed E-state index contributed by atoms with van der Waals surface area (Å²) in [5, 5.41) is 0.284. The summed E-state index contributed by atoms with van der Waals surface area (Å²) in [6.45, 7) is 8.00. The fraction of sp³-hybridized carbons (Fsp3) is 0.385. The molecule has 0 unspecified atom stereocenters. The SMILES string of the molecule is C=C(C)COCCNS(=O)(=O)c1cc(Cl)cc(N)c1C. The zero-order valence-electron chi connectivity index (χ0n) is 11.6. The molecule has 0 radical (unpaired) electrons. The van der Waals surface area contributed by atoms with Crippen molar-refractivity contribution in [3.8, 4) is 0 Å². The van der Waals surface area contributed by atoms with Gasteiger partial charge in [-0.25, -0.2) is 13.1 Å². The molecule has 7 heteroatoms. The fourth-order valence-corrected chi connectivity index (χ4v) is 3.13. The summed E-state index contributed by atoms with van der Waals surface area (Å²) in [6, 6.07) is 2.90. The molecule has 20 heavy (non-hydrogen) atoms. The topological polar surface area (TPSA) is 81.4 Å². The van der Waals surface area contributed by atoms with Crippen molar-refractivity contribution in [1.82, 2.24) is 4.72 Å². The molecule has 0 aliphatic heterocycles. The van der Waals surface area contributed by atoms with E-state index in [1.54, 1.807) is 6.92 Å². The molecule has 1 aromatic rings. The predicted octanol–water partition coefficient (Wildman–Crippen LogP) is 2.10. The van der Waals surface area contributed by atoms with Crippen molar-refractivity contribution in [2.45, 2.75) is 18.7 Å². The molecule has 0 bridgehead atoms. The Labute approximate surface area is 124 Å². The highest BCUT2D eigenvalue weighted by atomic mass is 35.5. The number of rotatable bonds is 7. The Balaban J connectivity index is 2.72. The van der Waals surface area contributed by atoms with Gasteiger partial charge in [-0.2, -0.15) is 0 Å². The van der Waals surface area contributed by atoms with Crippen molar-refractivity contribution >= 4 is 27.3 Å². The van der Waals surface area contributed by atoms with E-state index in [1.807, 2.05) is 6.92 Å². The first kappa shape index (κ1) is 17.0. The molecule has 1 aromatic carbocycles. The van der Waals surface area contributed by atoms with Gasteiger partial charge in [-0.15, -0.1) is 0 Å². The van der Waals surface area contributed by atoms with E-state index in [2.05, 4.69) is 11.3 Å². The maximum Gasteiger partial charge on any atom is 0.241 e. The zero-order chi connectivity index (χ0) is 15.3. The number of hydrogen-bond donors (Lipinski definition) is 2. The molecule has 0 fully saturated rings. The Morgan fingerprint density at radius 2 is 2.15 bits per heavy atom. The molecule has 112 valence electrons. The van der Waals surface area contributed by atoms with Gasteiger partial charge in [0.1, 0.15) is 0 Å². The van der Waals surface area contributed by atoms with Crippen LogP contribution in [0.2, 0.25) is 5.02 Å². The lowest BCUT2D eigenvalue weighted by molar-refractivity contribution is 0.162. The zero-order valence-corrected chi connectivity index (χ0v) is 13.1. The molecule has 0 aromatic heterocycles. The lowest BCUT2D eigenvalue weighted by atomic mass is 10.2. The summed E-state index contributed by atoms with van der Waals surface area (Å²) >= 11 is 5.84. The molecule has 0 amide bonds. The molecular formula is C13H19ClN2O3S. The van der Waals surface area contributed by atoms with E-state index >= 15 is 0 Å². The van der Waals surface area contributed by atoms with E-state index in [0.29, 0.717) is 17.9 Å². The summed E-state index contributed by atoms with van der Waals surface area (Å²) < 4.78 is 32.0. The van der Waals surface area contributed by atoms with Gasteiger partial charge in [0.25, 0.3) is 0 Å². The first-order valence-electron chi connectivity index (χ1n) is 6.01. The van der Waals surface area contributed by atoms with E-state index in [1.165, 1.54) is 12.1 Å². The first-order valence-corrected chi connectivity index (χ1v) is 7.87. The van der Waals surface area contributed by atoms with Crippen LogP contribution in [0.4, 0.5) is 5.69 Å². The molecule has 0 aliphatic rings. The summed E-state index contributed by atoms with van der Waals surface area (Å²) in [7, 11) is -3.65. The van der Waals surface area contributed by atoms with Gasteiger partial charge in [0.2, 0.25) is 10.0 Å². The first-order chi connectivity index (χ1) is 9.24. The third-order valence-corrected chi connectivity index (χ3v) is 4.35. The Bertz CT molecular complexity index is 600. The second kappa shape index (κ2) is 7.08. The van der Waals surface area contributed by atoms with Crippen LogP contribution in [-0.2, 0) is 14.8 Å². The Kier molecular flexibility index (Phi) is 6.01. The predicted molar refractivity (Wildman–Crippen MR) is 81.4 cm³/mol. The van der Waals surface area contributed by atoms with Crippen LogP contribution >= 0.6 is 11.6 Å². The molecule has 0 aliphatic carbocycles. The quantitative estimate of drug-likeness (QED) is 0.458. The summed E-state index contributed by atoms with van der Waals surface area (Å²) in [6.07, 6.45) is 0. The summed E-state index contributed by atoms with van der Waals surface area (Å²) in [5.74, 6) is 0. The largest absolute Gasteiger partial charge is 0.398 e. The van der Waals surface area contributed by atoms with E-state index in [-0.39, 0.29) is 23.1 Å². The highest BCUT2D eigenvalue weighted by Gasteiger charge is 2.18. The number of nitrogens with two attached hydrogens (primary N) is 1. The van der Waals surface area contributed by atoms with Crippen LogP contribution in [0, 0.1) is 6.92 Å². The highest BCUT2D eigenvalue weighted by Crippen LogP contribution is 2.25. The molecule has 0 spiro atoms. The van der Waals surface area contributed by atoms with E-state index in [4.69, 9.17) is 22.1 Å². The fourth-order valence-electron chi connectivity index (χ4n) is 1.53.